The van der Waals surface area contributed by atoms with Crippen LogP contribution in [-0.4, -0.2) is 35.7 Å². The highest BCUT2D eigenvalue weighted by Crippen LogP contribution is 2.38. The average molecular weight is 344 g/mol. The van der Waals surface area contributed by atoms with E-state index >= 15 is 0 Å². The van der Waals surface area contributed by atoms with E-state index in [1.165, 1.54) is 11.8 Å². The minimum atomic E-state index is -0.361. The highest BCUT2D eigenvalue weighted by Gasteiger charge is 2.34. The molecule has 0 spiro atoms. The Bertz CT molecular complexity index is 477. The maximum Gasteiger partial charge on any atom is 0.325 e. The lowest BCUT2D eigenvalue weighted by Crippen LogP contribution is -2.34. The lowest BCUT2D eigenvalue weighted by atomic mass is 10.2. The van der Waals surface area contributed by atoms with Gasteiger partial charge in [0, 0.05) is 4.47 Å². The smallest absolute Gasteiger partial charge is 0.325 e. The van der Waals surface area contributed by atoms with Crippen molar-refractivity contribution in [2.75, 3.05) is 18.9 Å². The number of amides is 1. The number of carbonyl (C=O) groups is 2. The Kier molecular flexibility index (Phi) is 4.87. The number of carbonyl (C=O) groups excluding carboxylic acids is 2. The minimum Gasteiger partial charge on any atom is -0.465 e. The highest BCUT2D eigenvalue weighted by molar-refractivity contribution is 9.10. The molecular formula is C13H14BrNO3S. The van der Waals surface area contributed by atoms with Gasteiger partial charge in [0.1, 0.15) is 11.9 Å². The van der Waals surface area contributed by atoms with Crippen LogP contribution >= 0.6 is 27.7 Å². The van der Waals surface area contributed by atoms with E-state index in [-0.39, 0.29) is 23.8 Å². The Morgan fingerprint density at radius 1 is 1.47 bits per heavy atom. The standard InChI is InChI=1S/C13H14BrNO3S/c1-2-18-12(17)7-15-11(16)8-19-13(15)9-3-5-10(14)6-4-9/h3-6,13H,2,7-8H2,1H3/t13-/m0/s1. The van der Waals surface area contributed by atoms with Gasteiger partial charge >= 0.3 is 5.97 Å². The van der Waals surface area contributed by atoms with Crippen molar-refractivity contribution in [3.63, 3.8) is 0 Å². The third-order valence-corrected chi connectivity index (χ3v) is 4.51. The molecule has 0 unspecified atom stereocenters. The molecule has 19 heavy (non-hydrogen) atoms. The van der Waals surface area contributed by atoms with Crippen molar-refractivity contribution >= 4 is 39.6 Å². The molecule has 0 radical (unpaired) electrons. The SMILES string of the molecule is CCOC(=O)CN1C(=O)CS[C@H]1c1ccc(Br)cc1. The summed E-state index contributed by atoms with van der Waals surface area (Å²) in [4.78, 5) is 25.0. The normalized spacial score (nSPS) is 18.7. The fourth-order valence-corrected chi connectivity index (χ4v) is 3.33. The summed E-state index contributed by atoms with van der Waals surface area (Å²) in [6, 6.07) is 7.78. The van der Waals surface area contributed by atoms with Crippen molar-refractivity contribution in [3.05, 3.63) is 34.3 Å². The van der Waals surface area contributed by atoms with E-state index in [9.17, 15) is 9.59 Å². The first-order valence-electron chi connectivity index (χ1n) is 5.94. The lowest BCUT2D eigenvalue weighted by molar-refractivity contribution is -0.148. The van der Waals surface area contributed by atoms with E-state index in [4.69, 9.17) is 4.74 Å². The van der Waals surface area contributed by atoms with Gasteiger partial charge in [0.15, 0.2) is 0 Å². The number of hydrogen-bond acceptors (Lipinski definition) is 4. The second-order valence-electron chi connectivity index (χ2n) is 4.04. The van der Waals surface area contributed by atoms with Gasteiger partial charge in [-0.25, -0.2) is 0 Å². The molecule has 1 saturated heterocycles. The molecule has 1 aromatic carbocycles. The van der Waals surface area contributed by atoms with E-state index < -0.39 is 0 Å². The van der Waals surface area contributed by atoms with E-state index in [0.717, 1.165) is 10.0 Å². The van der Waals surface area contributed by atoms with Crippen molar-refractivity contribution in [1.82, 2.24) is 4.90 Å². The summed E-state index contributed by atoms with van der Waals surface area (Å²) in [5, 5.41) is -0.106. The van der Waals surface area contributed by atoms with Gasteiger partial charge in [0.05, 0.1) is 12.4 Å². The number of hydrogen-bond donors (Lipinski definition) is 0. The van der Waals surface area contributed by atoms with Crippen LogP contribution < -0.4 is 0 Å². The first kappa shape index (κ1) is 14.4. The van der Waals surface area contributed by atoms with Crippen molar-refractivity contribution in [3.8, 4) is 0 Å². The summed E-state index contributed by atoms with van der Waals surface area (Å²) in [5.41, 5.74) is 1.02. The molecule has 1 aliphatic rings. The quantitative estimate of drug-likeness (QED) is 0.788. The molecule has 102 valence electrons. The molecule has 0 aromatic heterocycles. The van der Waals surface area contributed by atoms with E-state index in [1.54, 1.807) is 11.8 Å². The van der Waals surface area contributed by atoms with Crippen LogP contribution in [0.5, 0.6) is 0 Å². The van der Waals surface area contributed by atoms with Crippen LogP contribution in [-0.2, 0) is 14.3 Å². The molecule has 6 heteroatoms. The average Bonchev–Trinajstić information content (AvgIpc) is 2.73. The number of benzene rings is 1. The molecule has 0 N–H and O–H groups in total. The minimum absolute atomic E-state index is 0.0143. The van der Waals surface area contributed by atoms with Gasteiger partial charge in [-0.2, -0.15) is 0 Å². The molecule has 1 atom stereocenters. The fourth-order valence-electron chi connectivity index (χ4n) is 1.87. The zero-order chi connectivity index (χ0) is 13.8. The number of esters is 1. The lowest BCUT2D eigenvalue weighted by Gasteiger charge is -2.23. The second kappa shape index (κ2) is 6.43. The summed E-state index contributed by atoms with van der Waals surface area (Å²) < 4.78 is 5.89. The second-order valence-corrected chi connectivity index (χ2v) is 6.03. The molecular weight excluding hydrogens is 330 g/mol. The summed E-state index contributed by atoms with van der Waals surface area (Å²) in [7, 11) is 0. The monoisotopic (exact) mass is 343 g/mol. The maximum absolute atomic E-state index is 11.9. The van der Waals surface area contributed by atoms with Gasteiger partial charge < -0.3 is 9.64 Å². The Morgan fingerprint density at radius 2 is 2.16 bits per heavy atom. The van der Waals surface area contributed by atoms with Crippen molar-refractivity contribution < 1.29 is 14.3 Å². The van der Waals surface area contributed by atoms with E-state index in [0.29, 0.717) is 12.4 Å². The zero-order valence-electron chi connectivity index (χ0n) is 10.5. The molecule has 1 aliphatic heterocycles. The van der Waals surface area contributed by atoms with Crippen molar-refractivity contribution in [2.45, 2.75) is 12.3 Å². The van der Waals surface area contributed by atoms with Crippen LogP contribution in [0, 0.1) is 0 Å². The molecule has 2 rings (SSSR count). The Labute approximate surface area is 124 Å². The number of nitrogens with zero attached hydrogens (tertiary/aromatic N) is 1. The number of thioether (sulfide) groups is 1. The summed E-state index contributed by atoms with van der Waals surface area (Å²) in [5.74, 6) is 0.0200. The topological polar surface area (TPSA) is 46.6 Å². The molecule has 1 fully saturated rings. The number of halogens is 1. The van der Waals surface area contributed by atoms with Gasteiger partial charge in [-0.15, -0.1) is 11.8 Å². The first-order valence-corrected chi connectivity index (χ1v) is 7.78. The van der Waals surface area contributed by atoms with E-state index in [1.807, 2.05) is 24.3 Å². The third-order valence-electron chi connectivity index (χ3n) is 2.73. The van der Waals surface area contributed by atoms with Crippen molar-refractivity contribution in [1.29, 1.82) is 0 Å². The number of rotatable bonds is 4. The molecule has 1 amide bonds. The maximum atomic E-state index is 11.9. The summed E-state index contributed by atoms with van der Waals surface area (Å²) >= 11 is 4.91. The fraction of sp³-hybridized carbons (Fsp3) is 0.385. The summed E-state index contributed by atoms with van der Waals surface area (Å²) in [6.07, 6.45) is 0. The number of ether oxygens (including phenoxy) is 1. The van der Waals surface area contributed by atoms with E-state index in [2.05, 4.69) is 15.9 Å². The van der Waals surface area contributed by atoms with Gasteiger partial charge in [0.25, 0.3) is 0 Å². The van der Waals surface area contributed by atoms with Crippen LogP contribution in [0.3, 0.4) is 0 Å². The van der Waals surface area contributed by atoms with Crippen LogP contribution in [0.1, 0.15) is 17.9 Å². The zero-order valence-corrected chi connectivity index (χ0v) is 12.9. The predicted molar refractivity (Wildman–Crippen MR) is 77.7 cm³/mol. The molecule has 0 saturated carbocycles. The Morgan fingerprint density at radius 3 is 2.79 bits per heavy atom. The van der Waals surface area contributed by atoms with Crippen molar-refractivity contribution in [2.24, 2.45) is 0 Å². The summed E-state index contributed by atoms with van der Waals surface area (Å²) in [6.45, 7) is 2.10. The Hall–Kier alpha value is -1.01. The molecule has 0 aliphatic carbocycles. The van der Waals surface area contributed by atoms with Crippen LogP contribution in [0.2, 0.25) is 0 Å². The van der Waals surface area contributed by atoms with Crippen LogP contribution in [0.4, 0.5) is 0 Å². The Balaban J connectivity index is 2.12. The van der Waals surface area contributed by atoms with Crippen LogP contribution in [0.25, 0.3) is 0 Å². The molecule has 0 bridgehead atoms. The van der Waals surface area contributed by atoms with Gasteiger partial charge in [0.2, 0.25) is 5.91 Å². The molecule has 1 aromatic rings. The largest absolute Gasteiger partial charge is 0.465 e. The third kappa shape index (κ3) is 3.51. The highest BCUT2D eigenvalue weighted by atomic mass is 79.9. The van der Waals surface area contributed by atoms with Gasteiger partial charge in [-0.3, -0.25) is 9.59 Å². The van der Waals surface area contributed by atoms with Crippen LogP contribution in [0.15, 0.2) is 28.7 Å². The van der Waals surface area contributed by atoms with Gasteiger partial charge in [-0.1, -0.05) is 28.1 Å². The molecule has 4 nitrogen and oxygen atoms in total. The van der Waals surface area contributed by atoms with Gasteiger partial charge in [-0.05, 0) is 24.6 Å². The predicted octanol–water partition coefficient (Wildman–Crippen LogP) is 2.59. The first-order chi connectivity index (χ1) is 9.11. The molecule has 1 heterocycles.